The summed E-state index contributed by atoms with van der Waals surface area (Å²) in [5.41, 5.74) is 9.39. The lowest BCUT2D eigenvalue weighted by Gasteiger charge is -2.30. The topological polar surface area (TPSA) is 133 Å². The summed E-state index contributed by atoms with van der Waals surface area (Å²) < 4.78 is 35.0. The Balaban J connectivity index is 1.10. The maximum atomic E-state index is 13.1. The van der Waals surface area contributed by atoms with E-state index in [9.17, 15) is 13.2 Å². The van der Waals surface area contributed by atoms with Crippen molar-refractivity contribution in [1.29, 1.82) is 0 Å². The third-order valence-electron chi connectivity index (χ3n) is 6.71. The second-order valence-electron chi connectivity index (χ2n) is 8.85. The number of hydrogen-bond acceptors (Lipinski definition) is 8. The Bertz CT molecular complexity index is 1310. The lowest BCUT2D eigenvalue weighted by molar-refractivity contribution is -0.150. The van der Waals surface area contributed by atoms with E-state index in [0.29, 0.717) is 60.8 Å². The molecule has 34 heavy (non-hydrogen) atoms. The van der Waals surface area contributed by atoms with Gasteiger partial charge in [-0.1, -0.05) is 6.07 Å². The van der Waals surface area contributed by atoms with E-state index in [1.54, 1.807) is 12.4 Å². The Kier molecular flexibility index (Phi) is 6.22. The van der Waals surface area contributed by atoms with Crippen molar-refractivity contribution in [3.05, 3.63) is 42.0 Å². The molecule has 180 valence electrons. The zero-order valence-corrected chi connectivity index (χ0v) is 19.7. The predicted molar refractivity (Wildman–Crippen MR) is 125 cm³/mol. The van der Waals surface area contributed by atoms with Gasteiger partial charge in [-0.15, -0.1) is 0 Å². The summed E-state index contributed by atoms with van der Waals surface area (Å²) in [4.78, 5) is 25.2. The molecule has 1 saturated heterocycles. The molecule has 1 aliphatic heterocycles. The SMILES string of the molecule is Nc1ncnc2c1ncn2CCCOC(=O)C1CCN(S(=O)(=O)c2ccc3c(c2)CCC3)CC1. The van der Waals surface area contributed by atoms with Crippen molar-refractivity contribution in [1.82, 2.24) is 23.8 Å². The van der Waals surface area contributed by atoms with E-state index in [1.807, 2.05) is 16.7 Å². The molecule has 0 bridgehead atoms. The van der Waals surface area contributed by atoms with E-state index in [2.05, 4.69) is 15.0 Å². The van der Waals surface area contributed by atoms with Crippen molar-refractivity contribution in [2.45, 2.75) is 50.0 Å². The summed E-state index contributed by atoms with van der Waals surface area (Å²) in [5, 5.41) is 0. The maximum Gasteiger partial charge on any atom is 0.309 e. The van der Waals surface area contributed by atoms with Gasteiger partial charge >= 0.3 is 5.97 Å². The molecule has 3 heterocycles. The van der Waals surface area contributed by atoms with Crippen molar-refractivity contribution in [3.8, 4) is 0 Å². The number of fused-ring (bicyclic) bond motifs is 2. The molecule has 1 aliphatic carbocycles. The summed E-state index contributed by atoms with van der Waals surface area (Å²) in [5.74, 6) is -0.218. The number of rotatable bonds is 7. The van der Waals surface area contributed by atoms with Gasteiger partial charge in [-0.05, 0) is 61.8 Å². The molecule has 10 nitrogen and oxygen atoms in total. The van der Waals surface area contributed by atoms with Gasteiger partial charge in [0, 0.05) is 19.6 Å². The molecule has 2 N–H and O–H groups in total. The molecule has 0 atom stereocenters. The number of anilines is 1. The number of ether oxygens (including phenoxy) is 1. The van der Waals surface area contributed by atoms with Gasteiger partial charge in [0.25, 0.3) is 0 Å². The average Bonchev–Trinajstić information content (AvgIpc) is 3.49. The highest BCUT2D eigenvalue weighted by Gasteiger charge is 2.33. The lowest BCUT2D eigenvalue weighted by atomic mass is 9.98. The minimum Gasteiger partial charge on any atom is -0.465 e. The van der Waals surface area contributed by atoms with Crippen LogP contribution in [0.4, 0.5) is 5.82 Å². The van der Waals surface area contributed by atoms with E-state index in [1.165, 1.54) is 16.2 Å². The van der Waals surface area contributed by atoms with Crippen LogP contribution >= 0.6 is 0 Å². The van der Waals surface area contributed by atoms with Gasteiger partial charge in [0.2, 0.25) is 10.0 Å². The number of carbonyl (C=O) groups excluding carboxylic acids is 1. The number of carbonyl (C=O) groups is 1. The fourth-order valence-electron chi connectivity index (χ4n) is 4.78. The summed E-state index contributed by atoms with van der Waals surface area (Å²) >= 11 is 0. The van der Waals surface area contributed by atoms with Crippen LogP contribution in [0.25, 0.3) is 11.2 Å². The average molecular weight is 485 g/mol. The number of imidazole rings is 1. The Morgan fingerprint density at radius 3 is 2.74 bits per heavy atom. The highest BCUT2D eigenvalue weighted by molar-refractivity contribution is 7.89. The number of aromatic nitrogens is 4. The van der Waals surface area contributed by atoms with Crippen LogP contribution in [0.15, 0.2) is 35.7 Å². The van der Waals surface area contributed by atoms with Crippen molar-refractivity contribution >= 4 is 33.0 Å². The van der Waals surface area contributed by atoms with Gasteiger partial charge in [0.05, 0.1) is 23.7 Å². The van der Waals surface area contributed by atoms with Crippen molar-refractivity contribution in [3.63, 3.8) is 0 Å². The lowest BCUT2D eigenvalue weighted by Crippen LogP contribution is -2.40. The van der Waals surface area contributed by atoms with Gasteiger partial charge in [-0.2, -0.15) is 4.31 Å². The molecular weight excluding hydrogens is 456 g/mol. The molecule has 0 amide bonds. The van der Waals surface area contributed by atoms with E-state index in [-0.39, 0.29) is 18.5 Å². The van der Waals surface area contributed by atoms with Crippen LogP contribution in [0.2, 0.25) is 0 Å². The first-order chi connectivity index (χ1) is 16.4. The first-order valence-electron chi connectivity index (χ1n) is 11.6. The first kappa shape index (κ1) is 22.7. The molecule has 1 fully saturated rings. The van der Waals surface area contributed by atoms with Crippen molar-refractivity contribution in [2.75, 3.05) is 25.4 Å². The van der Waals surface area contributed by atoms with Crippen LogP contribution in [0, 0.1) is 5.92 Å². The zero-order valence-electron chi connectivity index (χ0n) is 18.9. The number of piperidine rings is 1. The molecule has 0 unspecified atom stereocenters. The number of aryl methyl sites for hydroxylation is 3. The van der Waals surface area contributed by atoms with Gasteiger partial charge in [0.1, 0.15) is 11.8 Å². The van der Waals surface area contributed by atoms with E-state index in [4.69, 9.17) is 10.5 Å². The summed E-state index contributed by atoms with van der Waals surface area (Å²) in [6, 6.07) is 5.47. The number of esters is 1. The number of hydrogen-bond donors (Lipinski definition) is 1. The largest absolute Gasteiger partial charge is 0.465 e. The fraction of sp³-hybridized carbons (Fsp3) is 0.478. The predicted octanol–water partition coefficient (Wildman–Crippen LogP) is 1.93. The van der Waals surface area contributed by atoms with E-state index in [0.717, 1.165) is 24.8 Å². The second-order valence-corrected chi connectivity index (χ2v) is 10.8. The standard InChI is InChI=1S/C23H28N6O4S/c24-21-20-22(26-14-25-21)28(15-27-20)9-2-12-33-23(30)17-7-10-29(11-8-17)34(31,32)19-6-5-16-3-1-4-18(16)13-19/h5-6,13-15,17H,1-4,7-12H2,(H2,24,25,26). The number of nitrogen functional groups attached to an aromatic ring is 1. The van der Waals surface area contributed by atoms with Crippen LogP contribution in [-0.4, -0.2) is 57.9 Å². The van der Waals surface area contributed by atoms with Crippen LogP contribution in [0.3, 0.4) is 0 Å². The molecule has 3 aromatic rings. The monoisotopic (exact) mass is 484 g/mol. The van der Waals surface area contributed by atoms with Crippen LogP contribution < -0.4 is 5.73 Å². The smallest absolute Gasteiger partial charge is 0.309 e. The number of nitrogens with zero attached hydrogens (tertiary/aromatic N) is 5. The highest BCUT2D eigenvalue weighted by Crippen LogP contribution is 2.29. The molecule has 0 spiro atoms. The second kappa shape index (κ2) is 9.30. The highest BCUT2D eigenvalue weighted by atomic mass is 32.2. The number of nitrogens with two attached hydrogens (primary N) is 1. The molecule has 2 aliphatic rings. The van der Waals surface area contributed by atoms with Crippen LogP contribution in [0.1, 0.15) is 36.8 Å². The van der Waals surface area contributed by atoms with Gasteiger partial charge in [-0.25, -0.2) is 23.4 Å². The summed E-state index contributed by atoms with van der Waals surface area (Å²) in [6.45, 7) is 1.49. The first-order valence-corrected chi connectivity index (χ1v) is 13.1. The zero-order chi connectivity index (χ0) is 23.7. The number of benzene rings is 1. The molecule has 0 saturated carbocycles. The Morgan fingerprint density at radius 1 is 1.12 bits per heavy atom. The molecule has 0 radical (unpaired) electrons. The molecule has 2 aromatic heterocycles. The van der Waals surface area contributed by atoms with Crippen molar-refractivity contribution in [2.24, 2.45) is 5.92 Å². The maximum absolute atomic E-state index is 13.1. The fourth-order valence-corrected chi connectivity index (χ4v) is 6.30. The molecule has 5 rings (SSSR count). The van der Waals surface area contributed by atoms with Gasteiger partial charge < -0.3 is 15.0 Å². The third kappa shape index (κ3) is 4.37. The van der Waals surface area contributed by atoms with E-state index >= 15 is 0 Å². The molecule has 11 heteroatoms. The summed E-state index contributed by atoms with van der Waals surface area (Å²) in [6.07, 6.45) is 7.61. The quantitative estimate of drug-likeness (QED) is 0.397. The Morgan fingerprint density at radius 2 is 1.91 bits per heavy atom. The Labute approximate surface area is 198 Å². The minimum atomic E-state index is -3.55. The van der Waals surface area contributed by atoms with Crippen molar-refractivity contribution < 1.29 is 17.9 Å². The van der Waals surface area contributed by atoms with Gasteiger partial charge in [0.15, 0.2) is 11.5 Å². The van der Waals surface area contributed by atoms with Crippen LogP contribution in [0.5, 0.6) is 0 Å². The third-order valence-corrected chi connectivity index (χ3v) is 8.61. The molecule has 1 aromatic carbocycles. The minimum absolute atomic E-state index is 0.267. The molecular formula is C23H28N6O4S. The Hall–Kier alpha value is -3.05. The normalized spacial score (nSPS) is 17.2. The number of sulfonamides is 1. The van der Waals surface area contributed by atoms with Crippen LogP contribution in [-0.2, 0) is 38.9 Å². The van der Waals surface area contributed by atoms with E-state index < -0.39 is 10.0 Å². The van der Waals surface area contributed by atoms with Gasteiger partial charge in [-0.3, -0.25) is 4.79 Å². The summed E-state index contributed by atoms with van der Waals surface area (Å²) in [7, 11) is -3.55.